The summed E-state index contributed by atoms with van der Waals surface area (Å²) >= 11 is 8.25. The van der Waals surface area contributed by atoms with E-state index in [2.05, 4.69) is 25.3 Å². The molecule has 1 fully saturated rings. The Morgan fingerprint density at radius 3 is 1.40 bits per heavy atom. The third-order valence-corrected chi connectivity index (χ3v) is 4.19. The molecule has 4 atom stereocenters. The van der Waals surface area contributed by atoms with Crippen molar-refractivity contribution in [2.24, 2.45) is 11.8 Å². The number of aliphatic carboxylic acids is 2. The van der Waals surface area contributed by atoms with Crippen LogP contribution in [0.4, 0.5) is 0 Å². The van der Waals surface area contributed by atoms with Gasteiger partial charge < -0.3 is 10.2 Å². The van der Waals surface area contributed by atoms with Gasteiger partial charge in [0.25, 0.3) is 0 Å². The van der Waals surface area contributed by atoms with E-state index in [1.54, 1.807) is 0 Å². The van der Waals surface area contributed by atoms with Crippen LogP contribution in [-0.4, -0.2) is 32.7 Å². The maximum atomic E-state index is 10.8. The molecule has 7 heteroatoms. The Balaban J connectivity index is 0.00000196. The fraction of sp³-hybridized carbons (Fsp3) is 0.750. The summed E-state index contributed by atoms with van der Waals surface area (Å²) in [5.41, 5.74) is 0. The van der Waals surface area contributed by atoms with Crippen molar-refractivity contribution in [3.63, 3.8) is 0 Å². The van der Waals surface area contributed by atoms with Crippen LogP contribution in [0.15, 0.2) is 0 Å². The predicted octanol–water partition coefficient (Wildman–Crippen LogP) is 0.776. The second-order valence-electron chi connectivity index (χ2n) is 3.45. The third-order valence-electron chi connectivity index (χ3n) is 2.60. The first-order chi connectivity index (χ1) is 6.45. The summed E-state index contributed by atoms with van der Waals surface area (Å²) in [5.74, 6) is -3.02. The summed E-state index contributed by atoms with van der Waals surface area (Å²) in [7, 11) is 0. The summed E-state index contributed by atoms with van der Waals surface area (Å²) in [6, 6.07) is 0. The Labute approximate surface area is 114 Å². The van der Waals surface area contributed by atoms with E-state index in [0.717, 1.165) is 0 Å². The molecule has 4 nitrogen and oxygen atoms in total. The zero-order chi connectivity index (χ0) is 10.9. The van der Waals surface area contributed by atoms with Gasteiger partial charge in [-0.1, -0.05) is 0 Å². The van der Waals surface area contributed by atoms with Gasteiger partial charge in [-0.3, -0.25) is 9.59 Å². The molecule has 1 aliphatic carbocycles. The second-order valence-corrected chi connectivity index (χ2v) is 4.64. The molecule has 0 aromatic rings. The molecule has 0 aliphatic heterocycles. The van der Waals surface area contributed by atoms with Crippen LogP contribution >= 0.6 is 25.3 Å². The van der Waals surface area contributed by atoms with E-state index < -0.39 is 34.3 Å². The topological polar surface area (TPSA) is 74.6 Å². The Morgan fingerprint density at radius 2 is 1.20 bits per heavy atom. The minimum absolute atomic E-state index is 0. The fourth-order valence-corrected chi connectivity index (χ4v) is 2.68. The Kier molecular flexibility index (Phi) is 6.36. The third kappa shape index (κ3) is 3.42. The molecule has 1 radical (unpaired) electrons. The monoisotopic (exact) mass is 433 g/mol. The van der Waals surface area contributed by atoms with E-state index in [1.165, 1.54) is 0 Å². The number of carboxylic acids is 2. The van der Waals surface area contributed by atoms with E-state index >= 15 is 0 Å². The zero-order valence-electron chi connectivity index (χ0n) is 7.63. The SMILES string of the molecule is O=C(O)C1CCC(C(=O)O)C(S)C1S.[Au]. The Bertz CT molecular complexity index is 235. The number of rotatable bonds is 2. The first-order valence-electron chi connectivity index (χ1n) is 4.27. The number of carbonyl (C=O) groups is 2. The smallest absolute Gasteiger partial charge is 0.307 e. The maximum Gasteiger partial charge on any atom is 0.307 e. The summed E-state index contributed by atoms with van der Waals surface area (Å²) < 4.78 is 0. The molecule has 2 N–H and O–H groups in total. The molecule has 1 aliphatic rings. The number of thiol groups is 2. The van der Waals surface area contributed by atoms with Gasteiger partial charge in [-0.2, -0.15) is 25.3 Å². The molecule has 0 aromatic carbocycles. The molecule has 0 spiro atoms. The van der Waals surface area contributed by atoms with Gasteiger partial charge in [0, 0.05) is 32.9 Å². The van der Waals surface area contributed by atoms with Crippen molar-refractivity contribution in [2.45, 2.75) is 23.3 Å². The van der Waals surface area contributed by atoms with E-state index in [1.807, 2.05) is 0 Å². The normalized spacial score (nSPS) is 35.3. The second kappa shape index (κ2) is 6.20. The predicted molar refractivity (Wildman–Crippen MR) is 57.0 cm³/mol. The molecular weight excluding hydrogens is 421 g/mol. The Morgan fingerprint density at radius 1 is 0.933 bits per heavy atom. The zero-order valence-corrected chi connectivity index (χ0v) is 11.6. The molecule has 91 valence electrons. The van der Waals surface area contributed by atoms with Gasteiger partial charge in [-0.15, -0.1) is 0 Å². The van der Waals surface area contributed by atoms with E-state index in [4.69, 9.17) is 10.2 Å². The summed E-state index contributed by atoms with van der Waals surface area (Å²) in [5, 5.41) is 16.7. The van der Waals surface area contributed by atoms with E-state index in [9.17, 15) is 9.59 Å². The van der Waals surface area contributed by atoms with E-state index in [-0.39, 0.29) is 22.4 Å². The van der Waals surface area contributed by atoms with Gasteiger partial charge in [-0.25, -0.2) is 0 Å². The molecule has 4 unspecified atom stereocenters. The number of hydrogen-bond acceptors (Lipinski definition) is 4. The molecule has 15 heavy (non-hydrogen) atoms. The van der Waals surface area contributed by atoms with Crippen molar-refractivity contribution in [3.8, 4) is 0 Å². The van der Waals surface area contributed by atoms with Crippen molar-refractivity contribution in [3.05, 3.63) is 0 Å². The first kappa shape index (κ1) is 15.4. The maximum absolute atomic E-state index is 10.8. The molecule has 0 heterocycles. The van der Waals surface area contributed by atoms with Crippen LogP contribution in [0, 0.1) is 11.8 Å². The Hall–Kier alpha value is 0.380. The number of carboxylic acid groups (broad SMARTS) is 2. The van der Waals surface area contributed by atoms with Gasteiger partial charge >= 0.3 is 11.9 Å². The molecule has 0 saturated heterocycles. The molecule has 1 saturated carbocycles. The minimum atomic E-state index is -0.923. The van der Waals surface area contributed by atoms with Crippen molar-refractivity contribution in [1.29, 1.82) is 0 Å². The summed E-state index contributed by atoms with van der Waals surface area (Å²) in [6.07, 6.45) is 0.717. The van der Waals surface area contributed by atoms with Crippen molar-refractivity contribution < 1.29 is 42.2 Å². The van der Waals surface area contributed by atoms with Crippen LogP contribution in [-0.2, 0) is 32.0 Å². The van der Waals surface area contributed by atoms with Gasteiger partial charge in [0.05, 0.1) is 11.8 Å². The van der Waals surface area contributed by atoms with Gasteiger partial charge in [0.15, 0.2) is 0 Å². The van der Waals surface area contributed by atoms with Crippen molar-refractivity contribution in [1.82, 2.24) is 0 Å². The molecule has 1 rings (SSSR count). The standard InChI is InChI=1S/C8H12O4S2.Au/c9-7(10)3-1-2-4(8(11)12)6(14)5(3)13;/h3-6,13-14H,1-2H2,(H,9,10)(H,11,12);. The van der Waals surface area contributed by atoms with Crippen LogP contribution < -0.4 is 0 Å². The average Bonchev–Trinajstić information content (AvgIpc) is 2.08. The van der Waals surface area contributed by atoms with Crippen LogP contribution in [0.5, 0.6) is 0 Å². The molecule has 0 aromatic heterocycles. The van der Waals surface area contributed by atoms with Crippen LogP contribution in [0.3, 0.4) is 0 Å². The number of hydrogen-bond donors (Lipinski definition) is 4. The fourth-order valence-electron chi connectivity index (χ4n) is 1.72. The summed E-state index contributed by atoms with van der Waals surface area (Å²) in [6.45, 7) is 0. The van der Waals surface area contributed by atoms with Gasteiger partial charge in [0.1, 0.15) is 0 Å². The molecule has 0 amide bonds. The largest absolute Gasteiger partial charge is 0.481 e. The quantitative estimate of drug-likeness (QED) is 0.384. The van der Waals surface area contributed by atoms with Crippen molar-refractivity contribution in [2.75, 3.05) is 0 Å². The van der Waals surface area contributed by atoms with Crippen LogP contribution in [0.25, 0.3) is 0 Å². The van der Waals surface area contributed by atoms with Gasteiger partial charge in [0.2, 0.25) is 0 Å². The van der Waals surface area contributed by atoms with Crippen LogP contribution in [0.1, 0.15) is 12.8 Å². The van der Waals surface area contributed by atoms with Gasteiger partial charge in [-0.05, 0) is 12.8 Å². The minimum Gasteiger partial charge on any atom is -0.481 e. The molecular formula is C8H12AuO4S2. The van der Waals surface area contributed by atoms with E-state index in [0.29, 0.717) is 12.8 Å². The average molecular weight is 433 g/mol. The summed E-state index contributed by atoms with van der Waals surface area (Å²) in [4.78, 5) is 21.5. The van der Waals surface area contributed by atoms with Crippen LogP contribution in [0.2, 0.25) is 0 Å². The van der Waals surface area contributed by atoms with Crippen molar-refractivity contribution >= 4 is 37.2 Å². The first-order valence-corrected chi connectivity index (χ1v) is 5.30. The molecule has 0 bridgehead atoms.